The molecule has 5 nitrogen and oxygen atoms in total. The summed E-state index contributed by atoms with van der Waals surface area (Å²) in [5, 5.41) is 1.73. The van der Waals surface area contributed by atoms with Crippen molar-refractivity contribution in [1.29, 1.82) is 0 Å². The van der Waals surface area contributed by atoms with Crippen LogP contribution in [0.3, 0.4) is 0 Å². The van der Waals surface area contributed by atoms with Crippen LogP contribution >= 0.6 is 11.8 Å². The Morgan fingerprint density at radius 1 is 1.29 bits per heavy atom. The minimum absolute atomic E-state index is 0.0101. The highest BCUT2D eigenvalue weighted by atomic mass is 32.2. The van der Waals surface area contributed by atoms with Crippen LogP contribution < -0.4 is 0 Å². The number of hydrogen-bond donors (Lipinski definition) is 0. The summed E-state index contributed by atoms with van der Waals surface area (Å²) >= 11 is 1.46. The Morgan fingerprint density at radius 3 is 2.65 bits per heavy atom. The third-order valence-corrected chi connectivity index (χ3v) is 8.24. The summed E-state index contributed by atoms with van der Waals surface area (Å²) in [6.07, 6.45) is 8.59. The third kappa shape index (κ3) is 3.99. The molecular weight excluding hydrogens is 412 g/mol. The lowest BCUT2D eigenvalue weighted by Gasteiger charge is -2.60. The number of ether oxygens (including phenoxy) is 2. The Morgan fingerprint density at radius 2 is 2.00 bits per heavy atom. The molecule has 170 valence electrons. The van der Waals surface area contributed by atoms with Gasteiger partial charge in [0.1, 0.15) is 18.0 Å². The number of rotatable bonds is 5. The molecule has 0 aliphatic heterocycles. The zero-order valence-corrected chi connectivity index (χ0v) is 20.4. The van der Waals surface area contributed by atoms with Crippen LogP contribution in [-0.4, -0.2) is 24.3 Å². The minimum atomic E-state index is -0.472. The molecule has 31 heavy (non-hydrogen) atoms. The van der Waals surface area contributed by atoms with Gasteiger partial charge in [-0.3, -0.25) is 0 Å². The van der Waals surface area contributed by atoms with Crippen molar-refractivity contribution in [2.24, 2.45) is 16.7 Å². The average molecular weight is 447 g/mol. The number of thioether (sulfide) groups is 1. The highest BCUT2D eigenvalue weighted by Crippen LogP contribution is 2.65. The van der Waals surface area contributed by atoms with Gasteiger partial charge in [0.05, 0.1) is 6.26 Å². The highest BCUT2D eigenvalue weighted by Gasteiger charge is 2.63. The smallest absolute Gasteiger partial charge is 0.334 e. The van der Waals surface area contributed by atoms with Crippen LogP contribution in [0.1, 0.15) is 70.5 Å². The van der Waals surface area contributed by atoms with Gasteiger partial charge in [-0.25, -0.2) is 9.59 Å². The molecule has 1 aromatic heterocycles. The summed E-state index contributed by atoms with van der Waals surface area (Å²) in [7, 11) is 0. The third-order valence-electron chi connectivity index (χ3n) is 7.83. The normalized spacial score (nSPS) is 33.0. The number of carbonyl (C=O) groups excluding carboxylic acids is 2. The van der Waals surface area contributed by atoms with E-state index in [1.165, 1.54) is 17.8 Å². The Bertz CT molecular complexity index is 913. The molecule has 1 saturated carbocycles. The van der Waals surface area contributed by atoms with Gasteiger partial charge in [0.15, 0.2) is 0 Å². The van der Waals surface area contributed by atoms with E-state index in [2.05, 4.69) is 20.8 Å². The topological polar surface area (TPSA) is 65.7 Å². The van der Waals surface area contributed by atoms with Gasteiger partial charge in [0.25, 0.3) is 0 Å². The van der Waals surface area contributed by atoms with Gasteiger partial charge in [-0.1, -0.05) is 26.8 Å². The van der Waals surface area contributed by atoms with E-state index in [4.69, 9.17) is 13.9 Å². The zero-order chi connectivity index (χ0) is 23.0. The zero-order valence-electron chi connectivity index (χ0n) is 19.6. The van der Waals surface area contributed by atoms with Crippen LogP contribution in [0.15, 0.2) is 33.8 Å². The predicted molar refractivity (Wildman–Crippen MR) is 123 cm³/mol. The number of hydrogen-bond acceptors (Lipinski definition) is 6. The van der Waals surface area contributed by atoms with Gasteiger partial charge in [-0.2, -0.15) is 0 Å². The maximum Gasteiger partial charge on any atom is 0.334 e. The van der Waals surface area contributed by atoms with Crippen molar-refractivity contribution >= 4 is 23.7 Å². The summed E-state index contributed by atoms with van der Waals surface area (Å²) in [5.74, 6) is 0.245. The predicted octanol–water partition coefficient (Wildman–Crippen LogP) is 5.93. The van der Waals surface area contributed by atoms with Gasteiger partial charge in [0.2, 0.25) is 0 Å². The average Bonchev–Trinajstić information content (AvgIpc) is 3.09. The van der Waals surface area contributed by atoms with Crippen molar-refractivity contribution in [3.05, 3.63) is 46.3 Å². The molecule has 0 N–H and O–H groups in total. The second-order valence-electron chi connectivity index (χ2n) is 9.37. The molecule has 2 aliphatic carbocycles. The van der Waals surface area contributed by atoms with Gasteiger partial charge in [-0.05, 0) is 56.3 Å². The van der Waals surface area contributed by atoms with Crippen LogP contribution in [0.25, 0.3) is 0 Å². The molecular formula is C25H34O5S. The van der Waals surface area contributed by atoms with Crippen molar-refractivity contribution < 1.29 is 23.5 Å². The van der Waals surface area contributed by atoms with Crippen molar-refractivity contribution in [3.8, 4) is 0 Å². The molecule has 0 aromatic carbocycles. The summed E-state index contributed by atoms with van der Waals surface area (Å²) in [5.41, 5.74) is 1.95. The molecule has 1 aromatic rings. The summed E-state index contributed by atoms with van der Waals surface area (Å²) in [4.78, 5) is 25.2. The molecule has 2 aliphatic rings. The van der Waals surface area contributed by atoms with Crippen molar-refractivity contribution in [1.82, 2.24) is 0 Å². The lowest BCUT2D eigenvalue weighted by molar-refractivity contribution is -0.202. The van der Waals surface area contributed by atoms with Crippen LogP contribution in [0.4, 0.5) is 0 Å². The van der Waals surface area contributed by atoms with E-state index in [0.29, 0.717) is 5.57 Å². The maximum absolute atomic E-state index is 12.9. The van der Waals surface area contributed by atoms with Crippen LogP contribution in [-0.2, 0) is 25.5 Å². The summed E-state index contributed by atoms with van der Waals surface area (Å²) < 4.78 is 18.0. The Balaban J connectivity index is 2.04. The fraction of sp³-hybridized carbons (Fsp3) is 0.600. The molecule has 0 radical (unpaired) electrons. The molecule has 5 atom stereocenters. The molecule has 0 saturated heterocycles. The van der Waals surface area contributed by atoms with Crippen LogP contribution in [0, 0.1) is 23.7 Å². The van der Waals surface area contributed by atoms with Crippen LogP contribution in [0.2, 0.25) is 0 Å². The van der Waals surface area contributed by atoms with Gasteiger partial charge >= 0.3 is 11.9 Å². The van der Waals surface area contributed by atoms with Gasteiger partial charge in [0, 0.05) is 35.0 Å². The number of allylic oxidation sites excluding steroid dienone is 1. The number of carbonyl (C=O) groups is 2. The van der Waals surface area contributed by atoms with Crippen LogP contribution in [0.5, 0.6) is 0 Å². The first-order valence-corrected chi connectivity index (χ1v) is 12.2. The molecule has 1 heterocycles. The molecule has 1 fully saturated rings. The van der Waals surface area contributed by atoms with E-state index in [-0.39, 0.29) is 29.4 Å². The quantitative estimate of drug-likeness (QED) is 0.413. The van der Waals surface area contributed by atoms with Gasteiger partial charge in [-0.15, -0.1) is 11.8 Å². The first-order valence-electron chi connectivity index (χ1n) is 10.9. The summed E-state index contributed by atoms with van der Waals surface area (Å²) in [6, 6.07) is 0. The fourth-order valence-corrected chi connectivity index (χ4v) is 5.62. The highest BCUT2D eigenvalue weighted by molar-refractivity contribution is 8.01. The molecule has 0 amide bonds. The second kappa shape index (κ2) is 8.89. The SMILES string of the molecule is C/C=C(/C)C(=O)O[C@@H]1c2c(C)coc2C[C@@]2(C)CC[C@@H](OC(=O)/C=C/SC)[C@H](C)[C@@]12C. The number of furan rings is 1. The monoisotopic (exact) mass is 446 g/mol. The Kier molecular flexibility index (Phi) is 6.80. The standard InChI is InChI=1S/C25H34O5S/c1-8-15(2)23(27)30-22-21-16(3)14-28-19(21)13-24(5)11-9-18(17(4)25(22,24)6)29-20(26)10-12-31-7/h8,10,12,14,17-18,22H,9,11,13H2,1-7H3/b12-10+,15-8-/t17-,18+,22+,24+,25-/m0/s1. The molecule has 0 spiro atoms. The summed E-state index contributed by atoms with van der Waals surface area (Å²) in [6.45, 7) is 12.2. The van der Waals surface area contributed by atoms with Crippen molar-refractivity contribution in [3.63, 3.8) is 0 Å². The minimum Gasteiger partial charge on any atom is -0.469 e. The van der Waals surface area contributed by atoms with E-state index >= 15 is 0 Å². The Hall–Kier alpha value is -1.95. The molecule has 0 unspecified atom stereocenters. The first-order chi connectivity index (χ1) is 14.6. The lowest BCUT2D eigenvalue weighted by Crippen LogP contribution is -2.58. The largest absolute Gasteiger partial charge is 0.469 e. The molecule has 0 bridgehead atoms. The lowest BCUT2D eigenvalue weighted by atomic mass is 9.46. The fourth-order valence-electron chi connectivity index (χ4n) is 5.37. The molecule has 3 rings (SSSR count). The number of aryl methyl sites for hydroxylation is 1. The number of esters is 2. The van der Waals surface area contributed by atoms with Crippen molar-refractivity contribution in [2.45, 2.75) is 73.0 Å². The first kappa shape index (κ1) is 23.7. The Labute approximate surface area is 189 Å². The molecule has 6 heteroatoms. The van der Waals surface area contributed by atoms with E-state index in [1.807, 2.05) is 20.1 Å². The van der Waals surface area contributed by atoms with E-state index < -0.39 is 11.5 Å². The van der Waals surface area contributed by atoms with E-state index in [0.717, 1.165) is 36.1 Å². The van der Waals surface area contributed by atoms with Crippen molar-refractivity contribution in [2.75, 3.05) is 6.26 Å². The number of fused-ring (bicyclic) bond motifs is 2. The van der Waals surface area contributed by atoms with E-state index in [1.54, 1.807) is 24.7 Å². The van der Waals surface area contributed by atoms with Gasteiger partial charge < -0.3 is 13.9 Å². The van der Waals surface area contributed by atoms with E-state index in [9.17, 15) is 9.59 Å². The maximum atomic E-state index is 12.9. The second-order valence-corrected chi connectivity index (χ2v) is 10.1.